The van der Waals surface area contributed by atoms with Crippen LogP contribution >= 0.6 is 0 Å². The lowest BCUT2D eigenvalue weighted by molar-refractivity contribution is -0.162. The maximum atomic E-state index is 14.1. The summed E-state index contributed by atoms with van der Waals surface area (Å²) in [5, 5.41) is 14.5. The van der Waals surface area contributed by atoms with Gasteiger partial charge in [-0.05, 0) is 35.8 Å². The number of hydrogen-bond acceptors (Lipinski definition) is 4. The smallest absolute Gasteiger partial charge is 0.407 e. The molecular weight excluding hydrogens is 466 g/mol. The minimum atomic E-state index is -2.88. The van der Waals surface area contributed by atoms with Gasteiger partial charge in [-0.2, -0.15) is 0 Å². The minimum Gasteiger partial charge on any atom is -0.445 e. The van der Waals surface area contributed by atoms with Crippen LogP contribution < -0.4 is 5.32 Å². The van der Waals surface area contributed by atoms with Crippen LogP contribution in [0.5, 0.6) is 0 Å². The summed E-state index contributed by atoms with van der Waals surface area (Å²) in [4.78, 5) is 27.4. The van der Waals surface area contributed by atoms with Crippen LogP contribution in [0, 0.1) is 11.3 Å². The minimum absolute atomic E-state index is 0.0880. The number of alkyl carbamates (subject to hydrolysis) is 1. The van der Waals surface area contributed by atoms with E-state index in [1.165, 1.54) is 0 Å². The topological polar surface area (TPSA) is 78.9 Å². The molecule has 2 fully saturated rings. The number of carbonyl (C=O) groups excluding carboxylic acids is 2. The molecule has 2 N–H and O–H groups in total. The first-order valence-electron chi connectivity index (χ1n) is 12.5. The van der Waals surface area contributed by atoms with Crippen molar-refractivity contribution in [3.8, 4) is 0 Å². The highest BCUT2D eigenvalue weighted by molar-refractivity contribution is 5.87. The molecule has 6 nitrogen and oxygen atoms in total. The molecule has 0 aromatic heterocycles. The highest BCUT2D eigenvalue weighted by Gasteiger charge is 2.55. The van der Waals surface area contributed by atoms with Crippen molar-refractivity contribution in [2.24, 2.45) is 11.3 Å². The van der Waals surface area contributed by atoms with Gasteiger partial charge in [0.2, 0.25) is 5.92 Å². The van der Waals surface area contributed by atoms with Gasteiger partial charge in [0.05, 0.1) is 0 Å². The predicted molar refractivity (Wildman–Crippen MR) is 131 cm³/mol. The SMILES string of the molecule is CC1(CNC(=O)OCc2ccccc2)CCN(C(=O)[C@](O)(c2ccccc2)[C@@H]2CCC(F)(F)C2)CC1. The summed E-state index contributed by atoms with van der Waals surface area (Å²) in [6.07, 6.45) is -0.0499. The fourth-order valence-corrected chi connectivity index (χ4v) is 5.26. The molecule has 8 heteroatoms. The summed E-state index contributed by atoms with van der Waals surface area (Å²) in [7, 11) is 0. The highest BCUT2D eigenvalue weighted by atomic mass is 19.3. The monoisotopic (exact) mass is 500 g/mol. The van der Waals surface area contributed by atoms with E-state index in [4.69, 9.17) is 4.74 Å². The third-order valence-electron chi connectivity index (χ3n) is 7.66. The van der Waals surface area contributed by atoms with E-state index in [9.17, 15) is 23.5 Å². The third-order valence-corrected chi connectivity index (χ3v) is 7.66. The number of carbonyl (C=O) groups is 2. The number of ether oxygens (including phenoxy) is 1. The summed E-state index contributed by atoms with van der Waals surface area (Å²) < 4.78 is 33.4. The summed E-state index contributed by atoms with van der Waals surface area (Å²) in [5.74, 6) is -4.25. The molecule has 1 heterocycles. The van der Waals surface area contributed by atoms with Gasteiger partial charge in [0.15, 0.2) is 5.60 Å². The first kappa shape index (κ1) is 26.1. The molecule has 2 aromatic carbocycles. The zero-order valence-corrected chi connectivity index (χ0v) is 20.6. The maximum absolute atomic E-state index is 14.1. The van der Waals surface area contributed by atoms with Gasteiger partial charge < -0.3 is 20.1 Å². The van der Waals surface area contributed by atoms with Gasteiger partial charge in [-0.3, -0.25) is 4.79 Å². The number of rotatable bonds is 7. The number of nitrogens with one attached hydrogen (secondary N) is 1. The number of amides is 2. The van der Waals surface area contributed by atoms with E-state index < -0.39 is 35.9 Å². The van der Waals surface area contributed by atoms with E-state index in [0.717, 1.165) is 5.56 Å². The van der Waals surface area contributed by atoms with E-state index in [1.807, 2.05) is 37.3 Å². The van der Waals surface area contributed by atoms with Crippen molar-refractivity contribution in [3.05, 3.63) is 71.8 Å². The number of hydrogen-bond donors (Lipinski definition) is 2. The van der Waals surface area contributed by atoms with Crippen molar-refractivity contribution in [3.63, 3.8) is 0 Å². The van der Waals surface area contributed by atoms with E-state index in [2.05, 4.69) is 5.32 Å². The van der Waals surface area contributed by atoms with Crippen LogP contribution in [-0.4, -0.2) is 47.6 Å². The first-order chi connectivity index (χ1) is 17.1. The van der Waals surface area contributed by atoms with E-state index in [-0.39, 0.29) is 24.9 Å². The molecule has 0 unspecified atom stereocenters. The van der Waals surface area contributed by atoms with Gasteiger partial charge in [-0.15, -0.1) is 0 Å². The van der Waals surface area contributed by atoms with Crippen molar-refractivity contribution in [2.75, 3.05) is 19.6 Å². The molecule has 2 atom stereocenters. The molecule has 1 aliphatic heterocycles. The maximum Gasteiger partial charge on any atom is 0.407 e. The average molecular weight is 501 g/mol. The molecule has 2 amide bonds. The van der Waals surface area contributed by atoms with Gasteiger partial charge >= 0.3 is 6.09 Å². The molecule has 2 aromatic rings. The summed E-state index contributed by atoms with van der Waals surface area (Å²) in [5.41, 5.74) is -0.993. The Kier molecular flexibility index (Phi) is 7.64. The fourth-order valence-electron chi connectivity index (χ4n) is 5.26. The number of aliphatic hydroxyl groups is 1. The number of likely N-dealkylation sites (tertiary alicyclic amines) is 1. The molecule has 194 valence electrons. The van der Waals surface area contributed by atoms with Crippen LogP contribution in [-0.2, 0) is 21.7 Å². The zero-order valence-electron chi connectivity index (χ0n) is 20.6. The second-order valence-corrected chi connectivity index (χ2v) is 10.4. The second-order valence-electron chi connectivity index (χ2n) is 10.4. The molecule has 1 saturated heterocycles. The number of halogens is 2. The van der Waals surface area contributed by atoms with Gasteiger partial charge in [-0.1, -0.05) is 67.6 Å². The Balaban J connectivity index is 1.35. The van der Waals surface area contributed by atoms with Gasteiger partial charge in [0.1, 0.15) is 6.61 Å². The first-order valence-corrected chi connectivity index (χ1v) is 12.5. The third kappa shape index (κ3) is 5.86. The molecule has 0 spiro atoms. The Morgan fingerprint density at radius 2 is 1.67 bits per heavy atom. The lowest BCUT2D eigenvalue weighted by Gasteiger charge is -2.43. The molecule has 2 aliphatic rings. The Labute approximate surface area is 210 Å². The van der Waals surface area contributed by atoms with Crippen molar-refractivity contribution in [1.29, 1.82) is 0 Å². The zero-order chi connectivity index (χ0) is 25.8. The summed E-state index contributed by atoms with van der Waals surface area (Å²) in [6.45, 7) is 3.35. The van der Waals surface area contributed by atoms with E-state index in [1.54, 1.807) is 35.2 Å². The van der Waals surface area contributed by atoms with E-state index in [0.29, 0.717) is 38.0 Å². The molecule has 0 radical (unpaired) electrons. The average Bonchev–Trinajstić information content (AvgIpc) is 3.27. The number of alkyl halides is 2. The number of nitrogens with zero attached hydrogens (tertiary/aromatic N) is 1. The van der Waals surface area contributed by atoms with Crippen LogP contribution in [0.2, 0.25) is 0 Å². The van der Waals surface area contributed by atoms with Gasteiger partial charge in [0.25, 0.3) is 5.91 Å². The summed E-state index contributed by atoms with van der Waals surface area (Å²) >= 11 is 0. The Bertz CT molecular complexity index is 1040. The highest BCUT2D eigenvalue weighted by Crippen LogP contribution is 2.48. The summed E-state index contributed by atoms with van der Waals surface area (Å²) in [6, 6.07) is 17.9. The van der Waals surface area contributed by atoms with Crippen LogP contribution in [0.1, 0.15) is 50.2 Å². The quantitative estimate of drug-likeness (QED) is 0.569. The standard InChI is InChI=1S/C28H34F2N2O4/c1-26(20-31-25(34)36-19-21-8-4-2-5-9-21)14-16-32(17-15-26)24(33)28(35,22-10-6-3-7-11-22)23-12-13-27(29,30)18-23/h2-11,23,35H,12-20H2,1H3,(H,31,34)/t23-,28+/m1/s1. The largest absolute Gasteiger partial charge is 0.445 e. The van der Waals surface area contributed by atoms with Gasteiger partial charge in [0, 0.05) is 38.4 Å². The fraction of sp³-hybridized carbons (Fsp3) is 0.500. The Morgan fingerprint density at radius 1 is 1.06 bits per heavy atom. The number of benzene rings is 2. The van der Waals surface area contributed by atoms with E-state index >= 15 is 0 Å². The number of piperidine rings is 1. The normalized spacial score (nSPS) is 22.4. The molecule has 0 bridgehead atoms. The van der Waals surface area contributed by atoms with Crippen LogP contribution in [0.25, 0.3) is 0 Å². The molecule has 4 rings (SSSR count). The van der Waals surface area contributed by atoms with Crippen molar-refractivity contribution < 1.29 is 28.2 Å². The van der Waals surface area contributed by atoms with Crippen molar-refractivity contribution in [1.82, 2.24) is 10.2 Å². The van der Waals surface area contributed by atoms with Crippen LogP contribution in [0.3, 0.4) is 0 Å². The lowest BCUT2D eigenvalue weighted by atomic mass is 9.76. The van der Waals surface area contributed by atoms with Crippen LogP contribution in [0.15, 0.2) is 60.7 Å². The van der Waals surface area contributed by atoms with Crippen molar-refractivity contribution >= 4 is 12.0 Å². The molecule has 1 aliphatic carbocycles. The lowest BCUT2D eigenvalue weighted by Crippen LogP contribution is -2.55. The molecular formula is C28H34F2N2O4. The Hall–Kier alpha value is -3.00. The Morgan fingerprint density at radius 3 is 2.25 bits per heavy atom. The second kappa shape index (κ2) is 10.5. The molecule has 36 heavy (non-hydrogen) atoms. The van der Waals surface area contributed by atoms with Crippen LogP contribution in [0.4, 0.5) is 13.6 Å². The van der Waals surface area contributed by atoms with Crippen molar-refractivity contribution in [2.45, 2.75) is 57.2 Å². The predicted octanol–water partition coefficient (Wildman–Crippen LogP) is 4.86. The molecule has 1 saturated carbocycles. The van der Waals surface area contributed by atoms with Gasteiger partial charge in [-0.25, -0.2) is 13.6 Å².